The van der Waals surface area contributed by atoms with Gasteiger partial charge in [-0.05, 0) is 34.5 Å². The third-order valence-electron chi connectivity index (χ3n) is 4.42. The zero-order chi connectivity index (χ0) is 22.8. The lowest BCUT2D eigenvalue weighted by Gasteiger charge is -2.24. The largest absolute Gasteiger partial charge is 0.486 e. The van der Waals surface area contributed by atoms with E-state index in [1.54, 1.807) is 29.2 Å². The summed E-state index contributed by atoms with van der Waals surface area (Å²) in [5.74, 6) is 0.580. The van der Waals surface area contributed by atoms with Crippen molar-refractivity contribution in [1.82, 2.24) is 10.2 Å². The van der Waals surface area contributed by atoms with Crippen LogP contribution >= 0.6 is 28.6 Å². The standard InChI is InChI=1S/C22H27BrN2O5S/c1-4-7-28-19-11-15(10-18(23)20(19)29-8-5-2)21(26)24-13-16-12-17(31)14-25(16)22(27)30-9-6-3/h4-6,10-11,16-17,31H,1-3,7-9,12-14H2,(H,24,26). The van der Waals surface area contributed by atoms with Crippen molar-refractivity contribution in [2.24, 2.45) is 0 Å². The molecular formula is C22H27BrN2O5S. The van der Waals surface area contributed by atoms with Gasteiger partial charge in [0.2, 0.25) is 0 Å². The second-order valence-electron chi connectivity index (χ2n) is 6.76. The molecule has 0 aliphatic carbocycles. The van der Waals surface area contributed by atoms with Crippen LogP contribution in [0.4, 0.5) is 4.79 Å². The van der Waals surface area contributed by atoms with Crippen molar-refractivity contribution >= 4 is 40.6 Å². The van der Waals surface area contributed by atoms with Crippen molar-refractivity contribution in [3.8, 4) is 11.5 Å². The Morgan fingerprint density at radius 1 is 1.16 bits per heavy atom. The third kappa shape index (κ3) is 7.07. The van der Waals surface area contributed by atoms with Crippen LogP contribution in [0, 0.1) is 0 Å². The van der Waals surface area contributed by atoms with Crippen molar-refractivity contribution in [2.75, 3.05) is 32.9 Å². The first-order valence-electron chi connectivity index (χ1n) is 9.72. The van der Waals surface area contributed by atoms with E-state index in [1.807, 2.05) is 0 Å². The molecule has 9 heteroatoms. The van der Waals surface area contributed by atoms with Gasteiger partial charge in [0.15, 0.2) is 11.5 Å². The summed E-state index contributed by atoms with van der Waals surface area (Å²) < 4.78 is 17.0. The van der Waals surface area contributed by atoms with Gasteiger partial charge in [0.25, 0.3) is 5.91 Å². The van der Waals surface area contributed by atoms with Crippen molar-refractivity contribution in [1.29, 1.82) is 0 Å². The van der Waals surface area contributed by atoms with Crippen LogP contribution < -0.4 is 14.8 Å². The highest BCUT2D eigenvalue weighted by atomic mass is 79.9. The summed E-state index contributed by atoms with van der Waals surface area (Å²) in [5.41, 5.74) is 0.387. The van der Waals surface area contributed by atoms with E-state index in [9.17, 15) is 9.59 Å². The predicted octanol–water partition coefficient (Wildman–Crippen LogP) is 4.00. The van der Waals surface area contributed by atoms with E-state index in [2.05, 4.69) is 53.6 Å². The molecule has 7 nitrogen and oxygen atoms in total. The van der Waals surface area contributed by atoms with E-state index in [-0.39, 0.29) is 37.0 Å². The Labute approximate surface area is 196 Å². The monoisotopic (exact) mass is 510 g/mol. The normalized spacial score (nSPS) is 17.5. The minimum Gasteiger partial charge on any atom is -0.486 e. The highest BCUT2D eigenvalue weighted by Gasteiger charge is 2.34. The minimum atomic E-state index is -0.442. The van der Waals surface area contributed by atoms with E-state index >= 15 is 0 Å². The molecule has 1 fully saturated rings. The molecule has 1 N–H and O–H groups in total. The number of hydrogen-bond donors (Lipinski definition) is 2. The first-order chi connectivity index (χ1) is 14.9. The molecule has 0 aromatic heterocycles. The van der Waals surface area contributed by atoms with Crippen LogP contribution in [0.1, 0.15) is 16.8 Å². The molecule has 1 aliphatic rings. The molecule has 0 spiro atoms. The Balaban J connectivity index is 2.10. The number of nitrogens with one attached hydrogen (secondary N) is 1. The van der Waals surface area contributed by atoms with Crippen LogP contribution in [0.25, 0.3) is 0 Å². The van der Waals surface area contributed by atoms with Crippen LogP contribution in [0.5, 0.6) is 11.5 Å². The molecular weight excluding hydrogens is 484 g/mol. The topological polar surface area (TPSA) is 77.1 Å². The van der Waals surface area contributed by atoms with Crippen LogP contribution in [0.2, 0.25) is 0 Å². The number of ether oxygens (including phenoxy) is 3. The number of carbonyl (C=O) groups excluding carboxylic acids is 2. The molecule has 2 atom stereocenters. The van der Waals surface area contributed by atoms with Gasteiger partial charge in [-0.1, -0.05) is 38.0 Å². The Morgan fingerprint density at radius 3 is 2.52 bits per heavy atom. The molecule has 31 heavy (non-hydrogen) atoms. The Hall–Kier alpha value is -2.39. The van der Waals surface area contributed by atoms with Gasteiger partial charge in [-0.3, -0.25) is 4.79 Å². The zero-order valence-electron chi connectivity index (χ0n) is 17.2. The lowest BCUT2D eigenvalue weighted by molar-refractivity contribution is 0.0911. The second-order valence-corrected chi connectivity index (χ2v) is 8.34. The molecule has 1 aromatic rings. The maximum absolute atomic E-state index is 12.8. The Bertz CT molecular complexity index is 832. The van der Waals surface area contributed by atoms with E-state index in [0.717, 1.165) is 0 Å². The van der Waals surface area contributed by atoms with Gasteiger partial charge >= 0.3 is 6.09 Å². The fourth-order valence-corrected chi connectivity index (χ4v) is 4.05. The highest BCUT2D eigenvalue weighted by molar-refractivity contribution is 9.10. The van der Waals surface area contributed by atoms with Crippen LogP contribution in [-0.2, 0) is 4.74 Å². The summed E-state index contributed by atoms with van der Waals surface area (Å²) in [6.45, 7) is 12.2. The third-order valence-corrected chi connectivity index (χ3v) is 5.39. The molecule has 0 bridgehead atoms. The van der Waals surface area contributed by atoms with Crippen LogP contribution in [-0.4, -0.2) is 61.1 Å². The van der Waals surface area contributed by atoms with Gasteiger partial charge in [-0.25, -0.2) is 4.79 Å². The van der Waals surface area contributed by atoms with Gasteiger partial charge in [0, 0.05) is 23.9 Å². The highest BCUT2D eigenvalue weighted by Crippen LogP contribution is 2.37. The average Bonchev–Trinajstić information content (AvgIpc) is 3.13. The second kappa shape index (κ2) is 12.5. The Kier molecular flexibility index (Phi) is 10.00. The number of rotatable bonds is 11. The quantitative estimate of drug-likeness (QED) is 0.347. The minimum absolute atomic E-state index is 0.0209. The summed E-state index contributed by atoms with van der Waals surface area (Å²) in [6, 6.07) is 3.05. The van der Waals surface area contributed by atoms with Crippen LogP contribution in [0.3, 0.4) is 0 Å². The Morgan fingerprint density at radius 2 is 1.84 bits per heavy atom. The molecule has 0 radical (unpaired) electrons. The number of amides is 2. The van der Waals surface area contributed by atoms with Gasteiger partial charge < -0.3 is 24.4 Å². The number of hydrogen-bond acceptors (Lipinski definition) is 6. The molecule has 2 amide bonds. The van der Waals surface area contributed by atoms with Gasteiger partial charge in [0.05, 0.1) is 10.5 Å². The van der Waals surface area contributed by atoms with Gasteiger partial charge in [-0.2, -0.15) is 12.6 Å². The van der Waals surface area contributed by atoms with Crippen molar-refractivity contribution in [2.45, 2.75) is 17.7 Å². The molecule has 0 saturated carbocycles. The fourth-order valence-electron chi connectivity index (χ4n) is 3.07. The molecule has 2 rings (SSSR count). The number of thiol groups is 1. The number of benzene rings is 1. The number of likely N-dealkylation sites (tertiary alicyclic amines) is 1. The van der Waals surface area contributed by atoms with E-state index in [4.69, 9.17) is 14.2 Å². The zero-order valence-corrected chi connectivity index (χ0v) is 19.7. The maximum atomic E-state index is 12.8. The lowest BCUT2D eigenvalue weighted by atomic mass is 10.1. The SMILES string of the molecule is C=CCOC(=O)N1CC(S)CC1CNC(=O)c1cc(Br)c(OCC=C)c(OCC=C)c1. The van der Waals surface area contributed by atoms with Gasteiger partial charge in [-0.15, -0.1) is 0 Å². The first kappa shape index (κ1) is 24.9. The summed E-state index contributed by atoms with van der Waals surface area (Å²) >= 11 is 7.91. The molecule has 1 heterocycles. The lowest BCUT2D eigenvalue weighted by Crippen LogP contribution is -2.43. The van der Waals surface area contributed by atoms with E-state index in [1.165, 1.54) is 6.08 Å². The van der Waals surface area contributed by atoms with E-state index in [0.29, 0.717) is 41.1 Å². The van der Waals surface area contributed by atoms with Crippen molar-refractivity contribution in [3.63, 3.8) is 0 Å². The molecule has 1 aliphatic heterocycles. The number of nitrogens with zero attached hydrogens (tertiary/aromatic N) is 1. The fraction of sp³-hybridized carbons (Fsp3) is 0.364. The average molecular weight is 511 g/mol. The summed E-state index contributed by atoms with van der Waals surface area (Å²) in [5, 5.41) is 2.90. The first-order valence-corrected chi connectivity index (χ1v) is 11.0. The molecule has 168 valence electrons. The maximum Gasteiger partial charge on any atom is 0.410 e. The van der Waals surface area contributed by atoms with Crippen molar-refractivity contribution < 1.29 is 23.8 Å². The van der Waals surface area contributed by atoms with E-state index < -0.39 is 6.09 Å². The summed E-state index contributed by atoms with van der Waals surface area (Å²) in [6.07, 6.45) is 4.94. The molecule has 1 aromatic carbocycles. The predicted molar refractivity (Wildman–Crippen MR) is 127 cm³/mol. The van der Waals surface area contributed by atoms with Gasteiger partial charge in [0.1, 0.15) is 19.8 Å². The van der Waals surface area contributed by atoms with Crippen molar-refractivity contribution in [3.05, 3.63) is 60.1 Å². The smallest absolute Gasteiger partial charge is 0.410 e. The van der Waals surface area contributed by atoms with Crippen LogP contribution in [0.15, 0.2) is 54.6 Å². The molecule has 1 saturated heterocycles. The number of carbonyl (C=O) groups is 2. The summed E-state index contributed by atoms with van der Waals surface area (Å²) in [7, 11) is 0. The number of halogens is 1. The molecule has 2 unspecified atom stereocenters. The summed E-state index contributed by atoms with van der Waals surface area (Å²) in [4.78, 5) is 26.6.